The third-order valence-corrected chi connectivity index (χ3v) is 6.72. The predicted molar refractivity (Wildman–Crippen MR) is 119 cm³/mol. The summed E-state index contributed by atoms with van der Waals surface area (Å²) in [5, 5.41) is 0.0946. The molecule has 3 aromatic rings. The van der Waals surface area contributed by atoms with Gasteiger partial charge in [-0.15, -0.1) is 11.8 Å². The SMILES string of the molecule is O=C1OC(S[C@@H]2CC(=O)N(Cc3ccc(Oc4ccccc4)cc3)C2)c2ccccc21. The molecule has 1 unspecified atom stereocenters. The molecule has 2 aliphatic rings. The molecule has 0 spiro atoms. The lowest BCUT2D eigenvalue weighted by molar-refractivity contribution is -0.128. The lowest BCUT2D eigenvalue weighted by Gasteiger charge is -2.18. The third-order valence-electron chi connectivity index (χ3n) is 5.42. The fourth-order valence-corrected chi connectivity index (χ4v) is 5.23. The third kappa shape index (κ3) is 4.30. The predicted octanol–water partition coefficient (Wildman–Crippen LogP) is 5.18. The van der Waals surface area contributed by atoms with Crippen molar-refractivity contribution in [3.63, 3.8) is 0 Å². The highest BCUT2D eigenvalue weighted by atomic mass is 32.2. The van der Waals surface area contributed by atoms with Gasteiger partial charge in [-0.3, -0.25) is 4.79 Å². The first-order valence-electron chi connectivity index (χ1n) is 10.2. The maximum Gasteiger partial charge on any atom is 0.340 e. The number of carbonyl (C=O) groups is 2. The molecule has 31 heavy (non-hydrogen) atoms. The van der Waals surface area contributed by atoms with Crippen molar-refractivity contribution in [1.82, 2.24) is 4.90 Å². The van der Waals surface area contributed by atoms with E-state index in [9.17, 15) is 9.59 Å². The topological polar surface area (TPSA) is 55.8 Å². The lowest BCUT2D eigenvalue weighted by Crippen LogP contribution is -2.25. The molecular formula is C25H21NO4S. The molecule has 0 aliphatic carbocycles. The summed E-state index contributed by atoms with van der Waals surface area (Å²) < 4.78 is 11.4. The quantitative estimate of drug-likeness (QED) is 0.503. The largest absolute Gasteiger partial charge is 0.457 e. The Morgan fingerprint density at radius 1 is 0.903 bits per heavy atom. The summed E-state index contributed by atoms with van der Waals surface area (Å²) in [6, 6.07) is 24.9. The number of likely N-dealkylation sites (tertiary alicyclic amines) is 1. The van der Waals surface area contributed by atoms with Gasteiger partial charge in [0, 0.05) is 30.3 Å². The van der Waals surface area contributed by atoms with Gasteiger partial charge in [-0.2, -0.15) is 0 Å². The van der Waals surface area contributed by atoms with Crippen molar-refractivity contribution in [2.24, 2.45) is 0 Å². The number of hydrogen-bond acceptors (Lipinski definition) is 5. The fourth-order valence-electron chi connectivity index (χ4n) is 3.88. The van der Waals surface area contributed by atoms with Crippen LogP contribution in [0.5, 0.6) is 11.5 Å². The number of para-hydroxylation sites is 1. The molecule has 6 heteroatoms. The summed E-state index contributed by atoms with van der Waals surface area (Å²) in [6.07, 6.45) is 0.454. The normalized spacial score (nSPS) is 19.9. The second-order valence-corrected chi connectivity index (χ2v) is 8.99. The Morgan fingerprint density at radius 2 is 1.61 bits per heavy atom. The minimum absolute atomic E-state index is 0.0946. The number of nitrogens with zero attached hydrogens (tertiary/aromatic N) is 1. The molecular weight excluding hydrogens is 410 g/mol. The Bertz CT molecular complexity index is 1100. The van der Waals surface area contributed by atoms with Crippen LogP contribution in [-0.2, 0) is 16.1 Å². The second kappa shape index (κ2) is 8.47. The van der Waals surface area contributed by atoms with Crippen LogP contribution in [-0.4, -0.2) is 28.6 Å². The fraction of sp³-hybridized carbons (Fsp3) is 0.200. The van der Waals surface area contributed by atoms with Gasteiger partial charge >= 0.3 is 5.97 Å². The maximum atomic E-state index is 12.6. The Hall–Kier alpha value is -3.25. The van der Waals surface area contributed by atoms with E-state index in [1.54, 1.807) is 17.8 Å². The molecule has 5 nitrogen and oxygen atoms in total. The Morgan fingerprint density at radius 3 is 2.42 bits per heavy atom. The number of cyclic esters (lactones) is 1. The van der Waals surface area contributed by atoms with E-state index in [1.807, 2.05) is 77.7 Å². The van der Waals surface area contributed by atoms with Gasteiger partial charge in [0.15, 0.2) is 5.44 Å². The first kappa shape index (κ1) is 19.7. The number of rotatable bonds is 6. The van der Waals surface area contributed by atoms with Crippen molar-refractivity contribution < 1.29 is 19.1 Å². The molecule has 5 rings (SSSR count). The monoisotopic (exact) mass is 431 g/mol. The number of benzene rings is 3. The number of ether oxygens (including phenoxy) is 2. The van der Waals surface area contributed by atoms with Gasteiger partial charge in [0.05, 0.1) is 5.56 Å². The van der Waals surface area contributed by atoms with E-state index in [-0.39, 0.29) is 22.6 Å². The molecule has 2 atom stereocenters. The molecule has 0 bridgehead atoms. The number of esters is 1. The second-order valence-electron chi connectivity index (χ2n) is 7.62. The number of hydrogen-bond donors (Lipinski definition) is 0. The summed E-state index contributed by atoms with van der Waals surface area (Å²) in [7, 11) is 0. The van der Waals surface area contributed by atoms with Crippen LogP contribution in [0.2, 0.25) is 0 Å². The lowest BCUT2D eigenvalue weighted by atomic mass is 10.1. The highest BCUT2D eigenvalue weighted by molar-refractivity contribution is 8.00. The van der Waals surface area contributed by atoms with Crippen molar-refractivity contribution in [2.45, 2.75) is 23.7 Å². The molecule has 3 aromatic carbocycles. The van der Waals surface area contributed by atoms with Crippen LogP contribution in [0.4, 0.5) is 0 Å². The summed E-state index contributed by atoms with van der Waals surface area (Å²) in [4.78, 5) is 26.5. The number of amides is 1. The van der Waals surface area contributed by atoms with E-state index in [2.05, 4.69) is 0 Å². The highest BCUT2D eigenvalue weighted by Gasteiger charge is 2.37. The average molecular weight is 432 g/mol. The minimum Gasteiger partial charge on any atom is -0.457 e. The van der Waals surface area contributed by atoms with E-state index in [4.69, 9.17) is 9.47 Å². The van der Waals surface area contributed by atoms with Crippen LogP contribution in [0.1, 0.15) is 33.3 Å². The molecule has 0 aromatic heterocycles. The molecule has 2 aliphatic heterocycles. The molecule has 1 amide bonds. The molecule has 1 saturated heterocycles. The van der Waals surface area contributed by atoms with Gasteiger partial charge in [0.1, 0.15) is 11.5 Å². The molecule has 2 heterocycles. The summed E-state index contributed by atoms with van der Waals surface area (Å²) in [6.45, 7) is 1.20. The Balaban J connectivity index is 1.19. The number of fused-ring (bicyclic) bond motifs is 1. The van der Waals surface area contributed by atoms with Crippen molar-refractivity contribution >= 4 is 23.6 Å². The molecule has 156 valence electrons. The van der Waals surface area contributed by atoms with E-state index in [0.29, 0.717) is 25.1 Å². The molecule has 1 fully saturated rings. The van der Waals surface area contributed by atoms with Gasteiger partial charge < -0.3 is 14.4 Å². The van der Waals surface area contributed by atoms with Gasteiger partial charge in [0.2, 0.25) is 5.91 Å². The average Bonchev–Trinajstić information content (AvgIpc) is 3.29. The van der Waals surface area contributed by atoms with E-state index >= 15 is 0 Å². The first-order chi connectivity index (χ1) is 15.2. The summed E-state index contributed by atoms with van der Waals surface area (Å²) >= 11 is 1.56. The van der Waals surface area contributed by atoms with Crippen LogP contribution in [0.3, 0.4) is 0 Å². The summed E-state index contributed by atoms with van der Waals surface area (Å²) in [5.41, 5.74) is 2.24. The summed E-state index contributed by atoms with van der Waals surface area (Å²) in [5.74, 6) is 1.39. The van der Waals surface area contributed by atoms with Crippen LogP contribution in [0, 0.1) is 0 Å². The molecule has 0 N–H and O–H groups in total. The van der Waals surface area contributed by atoms with Crippen molar-refractivity contribution in [2.75, 3.05) is 6.54 Å². The van der Waals surface area contributed by atoms with Crippen molar-refractivity contribution in [3.05, 3.63) is 95.6 Å². The smallest absolute Gasteiger partial charge is 0.340 e. The number of thioether (sulfide) groups is 1. The van der Waals surface area contributed by atoms with Crippen LogP contribution in [0.15, 0.2) is 78.9 Å². The standard InChI is InChI=1S/C25H21NO4S/c27-23-14-20(31-25-22-9-5-4-8-21(22)24(28)30-25)16-26(23)15-17-10-12-19(13-11-17)29-18-6-2-1-3-7-18/h1-13,20,25H,14-16H2/t20-,25?/m1/s1. The van der Waals surface area contributed by atoms with Gasteiger partial charge in [-0.1, -0.05) is 48.5 Å². The van der Waals surface area contributed by atoms with E-state index < -0.39 is 0 Å². The van der Waals surface area contributed by atoms with Gasteiger partial charge in [0.25, 0.3) is 0 Å². The van der Waals surface area contributed by atoms with Crippen molar-refractivity contribution in [3.8, 4) is 11.5 Å². The first-order valence-corrected chi connectivity index (χ1v) is 11.1. The van der Waals surface area contributed by atoms with E-state index in [0.717, 1.165) is 22.6 Å². The maximum absolute atomic E-state index is 12.6. The zero-order valence-corrected chi connectivity index (χ0v) is 17.6. The highest BCUT2D eigenvalue weighted by Crippen LogP contribution is 2.43. The van der Waals surface area contributed by atoms with Crippen LogP contribution >= 0.6 is 11.8 Å². The van der Waals surface area contributed by atoms with E-state index in [1.165, 1.54) is 0 Å². The number of carbonyl (C=O) groups excluding carboxylic acids is 2. The molecule has 0 radical (unpaired) electrons. The van der Waals surface area contributed by atoms with Gasteiger partial charge in [-0.25, -0.2) is 4.79 Å². The Labute approximate surface area is 185 Å². The van der Waals surface area contributed by atoms with Crippen LogP contribution < -0.4 is 4.74 Å². The van der Waals surface area contributed by atoms with Gasteiger partial charge in [-0.05, 0) is 35.9 Å². The Kier molecular flexibility index (Phi) is 5.38. The minimum atomic E-state index is -0.337. The molecule has 0 saturated carbocycles. The van der Waals surface area contributed by atoms with Crippen LogP contribution in [0.25, 0.3) is 0 Å². The zero-order valence-electron chi connectivity index (χ0n) is 16.8. The zero-order chi connectivity index (χ0) is 21.2. The van der Waals surface area contributed by atoms with Crippen molar-refractivity contribution in [1.29, 1.82) is 0 Å².